The molecule has 0 amide bonds. The van der Waals surface area contributed by atoms with Gasteiger partial charge in [-0.25, -0.2) is 0 Å². The van der Waals surface area contributed by atoms with Gasteiger partial charge in [-0.05, 0) is 19.0 Å². The van der Waals surface area contributed by atoms with E-state index in [-0.39, 0.29) is 64.1 Å². The predicted molar refractivity (Wildman–Crippen MR) is 61.5 cm³/mol. The van der Waals surface area contributed by atoms with Crippen LogP contribution in [-0.2, 0) is 14.3 Å². The first kappa shape index (κ1) is 18.9. The quantitative estimate of drug-likeness (QED) is 0.235. The summed E-state index contributed by atoms with van der Waals surface area (Å²) >= 11 is 0. The van der Waals surface area contributed by atoms with Crippen LogP contribution in [-0.4, -0.2) is 36.5 Å². The molecule has 0 bridgehead atoms. The average Bonchev–Trinajstić information content (AvgIpc) is 2.25. The molecule has 0 aromatic rings. The summed E-state index contributed by atoms with van der Waals surface area (Å²) in [5, 5.41) is 8.53. The molecular weight excluding hydrogens is 238 g/mol. The van der Waals surface area contributed by atoms with Crippen LogP contribution in [0.15, 0.2) is 0 Å². The molecule has 1 unspecified atom stereocenters. The molecule has 1 atom stereocenters. The number of aliphatic hydroxyl groups is 1. The number of ether oxygens (including phenoxy) is 1. The average molecular weight is 258 g/mol. The van der Waals surface area contributed by atoms with Crippen LogP contribution in [0.1, 0.15) is 33.5 Å². The number of hydrogen-bond donors (Lipinski definition) is 1. The summed E-state index contributed by atoms with van der Waals surface area (Å²) in [6.07, 6.45) is 4.11. The fraction of sp³-hybridized carbons (Fsp3) is 0.800. The Balaban J connectivity index is -0.000000980. The molecular formula is C10H20NaO4P. The summed E-state index contributed by atoms with van der Waals surface area (Å²) in [4.78, 5) is 22.0. The topological polar surface area (TPSA) is 63.6 Å². The van der Waals surface area contributed by atoms with Crippen LogP contribution in [0, 0.1) is 0 Å². The van der Waals surface area contributed by atoms with Gasteiger partial charge < -0.3 is 11.3 Å². The van der Waals surface area contributed by atoms with Gasteiger partial charge in [0.15, 0.2) is 5.52 Å². The fourth-order valence-electron chi connectivity index (χ4n) is 1.05. The van der Waals surface area contributed by atoms with E-state index in [9.17, 15) is 9.59 Å². The largest absolute Gasteiger partial charge is 1.00 e. The number of hydrogen-bond acceptors (Lipinski definition) is 4. The van der Waals surface area contributed by atoms with Crippen molar-refractivity contribution in [1.29, 1.82) is 0 Å². The van der Waals surface area contributed by atoms with Crippen LogP contribution >= 0.6 is 8.58 Å². The zero-order chi connectivity index (χ0) is 11.5. The summed E-state index contributed by atoms with van der Waals surface area (Å²) < 4.78 is 4.44. The van der Waals surface area contributed by atoms with E-state index < -0.39 is 0 Å². The summed E-state index contributed by atoms with van der Waals surface area (Å²) in [7, 11) is 1.61. The Morgan fingerprint density at radius 2 is 1.94 bits per heavy atom. The Bertz CT molecular complexity index is 205. The molecule has 0 saturated heterocycles. The fourth-order valence-corrected chi connectivity index (χ4v) is 2.05. The van der Waals surface area contributed by atoms with Crippen molar-refractivity contribution in [3.05, 3.63) is 0 Å². The van der Waals surface area contributed by atoms with Gasteiger partial charge >= 0.3 is 35.5 Å². The van der Waals surface area contributed by atoms with Gasteiger partial charge in [-0.2, -0.15) is 0 Å². The third kappa shape index (κ3) is 12.6. The maximum absolute atomic E-state index is 11.3. The van der Waals surface area contributed by atoms with Crippen LogP contribution in [0.25, 0.3) is 0 Å². The molecule has 0 rings (SSSR count). The van der Waals surface area contributed by atoms with Crippen LogP contribution in [0.4, 0.5) is 0 Å². The normalized spacial score (nSPS) is 10.1. The summed E-state index contributed by atoms with van der Waals surface area (Å²) in [5.41, 5.74) is 0.143. The van der Waals surface area contributed by atoms with Gasteiger partial charge in [-0.15, -0.1) is 0 Å². The number of methoxy groups -OCH3 is 1. The van der Waals surface area contributed by atoms with Crippen molar-refractivity contribution < 1.29 is 50.4 Å². The van der Waals surface area contributed by atoms with E-state index in [2.05, 4.69) is 4.74 Å². The van der Waals surface area contributed by atoms with Gasteiger partial charge in [0.25, 0.3) is 0 Å². The molecule has 90 valence electrons. The Hall–Kier alpha value is 0.530. The number of esters is 1. The number of unbranched alkanes of at least 4 members (excludes halogenated alkanes) is 2. The Morgan fingerprint density at radius 3 is 2.50 bits per heavy atom. The number of carbonyl (C=O) groups is 2. The van der Waals surface area contributed by atoms with E-state index in [1.807, 2.05) is 0 Å². The maximum atomic E-state index is 11.3. The number of aliphatic hydroxyl groups excluding tert-OH is 1. The van der Waals surface area contributed by atoms with Gasteiger partial charge in [0.2, 0.25) is 0 Å². The Labute approximate surface area is 122 Å². The van der Waals surface area contributed by atoms with Crippen molar-refractivity contribution in [2.75, 3.05) is 19.9 Å². The van der Waals surface area contributed by atoms with E-state index in [1.165, 1.54) is 7.11 Å². The minimum Gasteiger partial charge on any atom is -1.00 e. The molecule has 0 aromatic heterocycles. The predicted octanol–water partition coefficient (Wildman–Crippen LogP) is -1.58. The monoisotopic (exact) mass is 258 g/mol. The zero-order valence-corrected chi connectivity index (χ0v) is 13.1. The summed E-state index contributed by atoms with van der Waals surface area (Å²) in [5.74, 6) is -0.326. The van der Waals surface area contributed by atoms with Gasteiger partial charge in [0, 0.05) is 13.0 Å². The van der Waals surface area contributed by atoms with E-state index in [0.29, 0.717) is 6.42 Å². The minimum absolute atomic E-state index is 0. The van der Waals surface area contributed by atoms with Crippen molar-refractivity contribution in [3.63, 3.8) is 0 Å². The molecule has 0 saturated carbocycles. The first-order valence-electron chi connectivity index (χ1n) is 5.15. The molecule has 0 radical (unpaired) electrons. The van der Waals surface area contributed by atoms with Crippen LogP contribution in [0.3, 0.4) is 0 Å². The molecule has 0 aliphatic rings. The second-order valence-corrected chi connectivity index (χ2v) is 4.62. The van der Waals surface area contributed by atoms with Gasteiger partial charge in [-0.3, -0.25) is 9.59 Å². The molecule has 6 heteroatoms. The van der Waals surface area contributed by atoms with Crippen molar-refractivity contribution in [2.45, 2.75) is 32.1 Å². The first-order chi connectivity index (χ1) is 7.20. The zero-order valence-electron chi connectivity index (χ0n) is 11.1. The number of carbonyl (C=O) groups excluding carboxylic acids is 2. The van der Waals surface area contributed by atoms with Crippen molar-refractivity contribution >= 4 is 20.1 Å². The first-order valence-corrected chi connectivity index (χ1v) is 6.35. The molecule has 4 nitrogen and oxygen atoms in total. The summed E-state index contributed by atoms with van der Waals surface area (Å²) in [6.45, 7) is 0.222. The van der Waals surface area contributed by atoms with Crippen molar-refractivity contribution in [2.24, 2.45) is 0 Å². The molecule has 1 N–H and O–H groups in total. The van der Waals surface area contributed by atoms with Crippen LogP contribution in [0.5, 0.6) is 0 Å². The Kier molecular flexibility index (Phi) is 16.0. The van der Waals surface area contributed by atoms with Crippen molar-refractivity contribution in [1.82, 2.24) is 0 Å². The van der Waals surface area contributed by atoms with Crippen LogP contribution < -0.4 is 29.6 Å². The van der Waals surface area contributed by atoms with E-state index >= 15 is 0 Å². The second kappa shape index (κ2) is 13.6. The molecule has 0 heterocycles. The molecule has 0 aromatic carbocycles. The number of rotatable bonds is 9. The van der Waals surface area contributed by atoms with Gasteiger partial charge in [-0.1, -0.05) is 15.0 Å². The smallest absolute Gasteiger partial charge is 1.00 e. The molecule has 0 aliphatic carbocycles. The van der Waals surface area contributed by atoms with E-state index in [1.54, 1.807) is 0 Å². The van der Waals surface area contributed by atoms with Crippen LogP contribution in [0.2, 0.25) is 0 Å². The third-order valence-electron chi connectivity index (χ3n) is 1.94. The Morgan fingerprint density at radius 1 is 1.25 bits per heavy atom. The van der Waals surface area contributed by atoms with Gasteiger partial charge in [0.1, 0.15) is 0 Å². The second-order valence-electron chi connectivity index (χ2n) is 3.21. The molecule has 0 aliphatic heterocycles. The van der Waals surface area contributed by atoms with E-state index in [0.717, 1.165) is 25.4 Å². The molecule has 0 spiro atoms. The third-order valence-corrected chi connectivity index (χ3v) is 3.19. The standard InChI is InChI=1S/C10H19O4P.Na.H/c1-14-9(12)5-6-10(13)15-8-4-2-3-7-11;;/h11,15H,2-8H2,1H3;;/q;+1;-1. The SMILES string of the molecule is COC(=O)CCC(=O)PCCCCCO.[H-].[Na+]. The van der Waals surface area contributed by atoms with E-state index in [4.69, 9.17) is 5.11 Å². The van der Waals surface area contributed by atoms with Gasteiger partial charge in [0.05, 0.1) is 13.5 Å². The molecule has 0 fully saturated rings. The van der Waals surface area contributed by atoms with Crippen molar-refractivity contribution in [3.8, 4) is 0 Å². The summed E-state index contributed by atoms with van der Waals surface area (Å²) in [6, 6.07) is 0. The molecule has 16 heavy (non-hydrogen) atoms. The minimum atomic E-state index is -0.326. The maximum Gasteiger partial charge on any atom is 1.00 e.